The first-order chi connectivity index (χ1) is 12.8. The second-order valence-electron chi connectivity index (χ2n) is 6.63. The summed E-state index contributed by atoms with van der Waals surface area (Å²) in [6, 6.07) is 17.5. The predicted octanol–water partition coefficient (Wildman–Crippen LogP) is 6.72. The molecule has 0 spiro atoms. The van der Waals surface area contributed by atoms with E-state index in [1.54, 1.807) is 0 Å². The summed E-state index contributed by atoms with van der Waals surface area (Å²) in [5, 5.41) is 0. The molecule has 0 atom stereocenters. The molecule has 0 radical (unpaired) electrons. The van der Waals surface area contributed by atoms with Crippen LogP contribution in [0.4, 0.5) is 0 Å². The number of unbranched alkanes of at least 4 members (excludes halogenated alkanes) is 7. The van der Waals surface area contributed by atoms with Crippen molar-refractivity contribution >= 4 is 5.97 Å². The van der Waals surface area contributed by atoms with Crippen molar-refractivity contribution in [3.05, 3.63) is 54.6 Å². The lowest BCUT2D eigenvalue weighted by atomic mass is 10.1. The average molecular weight is 354 g/mol. The van der Waals surface area contributed by atoms with E-state index >= 15 is 0 Å². The molecule has 0 aliphatic heterocycles. The number of rotatable bonds is 12. The van der Waals surface area contributed by atoms with Crippen LogP contribution in [0.25, 0.3) is 11.1 Å². The van der Waals surface area contributed by atoms with Crippen LogP contribution in [0.5, 0.6) is 5.75 Å². The van der Waals surface area contributed by atoms with Crippen LogP contribution in [-0.2, 0) is 9.68 Å². The van der Waals surface area contributed by atoms with Gasteiger partial charge in [0.15, 0.2) is 5.75 Å². The summed E-state index contributed by atoms with van der Waals surface area (Å²) in [5.74, 6) is 0.252. The van der Waals surface area contributed by atoms with Crippen LogP contribution in [0.3, 0.4) is 0 Å². The maximum Gasteiger partial charge on any atom is 0.355 e. The van der Waals surface area contributed by atoms with Gasteiger partial charge in [-0.2, -0.15) is 0 Å². The highest BCUT2D eigenvalue weighted by Crippen LogP contribution is 2.29. The quantitative estimate of drug-likeness (QED) is 0.241. The Labute approximate surface area is 157 Å². The molecule has 0 aromatic heterocycles. The molecule has 2 aromatic rings. The molecule has 0 heterocycles. The van der Waals surface area contributed by atoms with E-state index in [1.807, 2.05) is 54.6 Å². The highest BCUT2D eigenvalue weighted by atomic mass is 17.2. The van der Waals surface area contributed by atoms with E-state index in [0.29, 0.717) is 12.2 Å². The first-order valence-electron chi connectivity index (χ1n) is 9.83. The van der Waals surface area contributed by atoms with E-state index in [4.69, 9.17) is 9.78 Å². The van der Waals surface area contributed by atoms with Gasteiger partial charge in [-0.3, -0.25) is 9.78 Å². The summed E-state index contributed by atoms with van der Waals surface area (Å²) < 4.78 is 0. The minimum atomic E-state index is -0.307. The summed E-state index contributed by atoms with van der Waals surface area (Å²) in [6.45, 7) is 2.23. The number of hydrogen-bond acceptors (Lipinski definition) is 3. The minimum Gasteiger partial charge on any atom is -0.286 e. The van der Waals surface area contributed by atoms with Gasteiger partial charge in [0, 0.05) is 5.56 Å². The van der Waals surface area contributed by atoms with E-state index in [1.165, 1.54) is 38.5 Å². The van der Waals surface area contributed by atoms with Crippen molar-refractivity contribution in [3.63, 3.8) is 0 Å². The normalized spacial score (nSPS) is 10.5. The van der Waals surface area contributed by atoms with Crippen LogP contribution in [0, 0.1) is 0 Å². The molecular weight excluding hydrogens is 324 g/mol. The summed E-state index contributed by atoms with van der Waals surface area (Å²) in [6.07, 6.45) is 10.0. The van der Waals surface area contributed by atoms with Crippen molar-refractivity contribution in [3.8, 4) is 16.9 Å². The number of benzene rings is 2. The van der Waals surface area contributed by atoms with Crippen molar-refractivity contribution in [2.45, 2.75) is 64.7 Å². The van der Waals surface area contributed by atoms with Crippen LogP contribution in [0.2, 0.25) is 0 Å². The van der Waals surface area contributed by atoms with Gasteiger partial charge in [0.05, 0.1) is 6.42 Å². The van der Waals surface area contributed by atoms with Crippen molar-refractivity contribution in [2.75, 3.05) is 0 Å². The van der Waals surface area contributed by atoms with Gasteiger partial charge in [0.1, 0.15) is 0 Å². The number of carbonyl (C=O) groups is 1. The van der Waals surface area contributed by atoms with Crippen molar-refractivity contribution in [2.24, 2.45) is 0 Å². The molecule has 0 saturated carbocycles. The van der Waals surface area contributed by atoms with Gasteiger partial charge in [0.2, 0.25) is 0 Å². The standard InChI is InChI=1S/C23H30O3/c1-2-3-4-5-6-7-8-12-19-23(24)26-25-22-18-14-13-17-21(22)20-15-10-9-11-16-20/h9-11,13-18H,2-8,12,19H2,1H3. The molecule has 2 rings (SSSR count). The molecule has 0 aliphatic rings. The van der Waals surface area contributed by atoms with E-state index in [9.17, 15) is 4.79 Å². The summed E-state index contributed by atoms with van der Waals surface area (Å²) in [4.78, 5) is 22.2. The maximum absolute atomic E-state index is 11.9. The Hall–Kier alpha value is -2.29. The van der Waals surface area contributed by atoms with Crippen LogP contribution in [0.15, 0.2) is 54.6 Å². The Morgan fingerprint density at radius 1 is 0.769 bits per heavy atom. The van der Waals surface area contributed by atoms with Gasteiger partial charge in [-0.05, 0) is 18.1 Å². The van der Waals surface area contributed by atoms with Crippen molar-refractivity contribution in [1.82, 2.24) is 0 Å². The summed E-state index contributed by atoms with van der Waals surface area (Å²) >= 11 is 0. The predicted molar refractivity (Wildman–Crippen MR) is 106 cm³/mol. The van der Waals surface area contributed by atoms with Gasteiger partial charge in [-0.1, -0.05) is 100 Å². The molecule has 0 saturated heterocycles. The van der Waals surface area contributed by atoms with Gasteiger partial charge in [-0.25, -0.2) is 4.79 Å². The minimum absolute atomic E-state index is 0.307. The molecule has 0 N–H and O–H groups in total. The monoisotopic (exact) mass is 354 g/mol. The second kappa shape index (κ2) is 12.1. The molecule has 3 heteroatoms. The lowest BCUT2D eigenvalue weighted by Gasteiger charge is -2.09. The third kappa shape index (κ3) is 7.30. The Morgan fingerprint density at radius 2 is 1.38 bits per heavy atom. The highest BCUT2D eigenvalue weighted by Gasteiger charge is 2.10. The summed E-state index contributed by atoms with van der Waals surface area (Å²) in [7, 11) is 0. The number of carbonyl (C=O) groups excluding carboxylic acids is 1. The molecule has 26 heavy (non-hydrogen) atoms. The Bertz CT molecular complexity index is 637. The molecule has 140 valence electrons. The van der Waals surface area contributed by atoms with Gasteiger partial charge in [-0.15, -0.1) is 0 Å². The zero-order chi connectivity index (χ0) is 18.5. The summed E-state index contributed by atoms with van der Waals surface area (Å²) in [5.41, 5.74) is 1.94. The maximum atomic E-state index is 11.9. The van der Waals surface area contributed by atoms with E-state index in [-0.39, 0.29) is 5.97 Å². The van der Waals surface area contributed by atoms with Crippen LogP contribution in [-0.4, -0.2) is 5.97 Å². The SMILES string of the molecule is CCCCCCCCCCC(=O)OOc1ccccc1-c1ccccc1. The van der Waals surface area contributed by atoms with Gasteiger partial charge in [0.25, 0.3) is 0 Å². The Morgan fingerprint density at radius 3 is 2.12 bits per heavy atom. The van der Waals surface area contributed by atoms with Crippen LogP contribution < -0.4 is 4.89 Å². The topological polar surface area (TPSA) is 35.5 Å². The van der Waals surface area contributed by atoms with Gasteiger partial charge < -0.3 is 0 Å². The van der Waals surface area contributed by atoms with Crippen molar-refractivity contribution in [1.29, 1.82) is 0 Å². The largest absolute Gasteiger partial charge is 0.355 e. The lowest BCUT2D eigenvalue weighted by molar-refractivity contribution is -0.213. The molecular formula is C23H30O3. The zero-order valence-electron chi connectivity index (χ0n) is 15.8. The average Bonchev–Trinajstić information content (AvgIpc) is 2.69. The molecule has 0 fully saturated rings. The first-order valence-corrected chi connectivity index (χ1v) is 9.83. The smallest absolute Gasteiger partial charge is 0.286 e. The fourth-order valence-corrected chi connectivity index (χ4v) is 2.93. The Kier molecular flexibility index (Phi) is 9.34. The molecule has 0 bridgehead atoms. The third-order valence-corrected chi connectivity index (χ3v) is 4.43. The van der Waals surface area contributed by atoms with Crippen LogP contribution >= 0.6 is 0 Å². The van der Waals surface area contributed by atoms with Crippen molar-refractivity contribution < 1.29 is 14.6 Å². The lowest BCUT2D eigenvalue weighted by Crippen LogP contribution is -2.08. The number of para-hydroxylation sites is 1. The zero-order valence-corrected chi connectivity index (χ0v) is 15.8. The molecule has 2 aromatic carbocycles. The Balaban J connectivity index is 1.68. The van der Waals surface area contributed by atoms with E-state index in [2.05, 4.69) is 6.92 Å². The second-order valence-corrected chi connectivity index (χ2v) is 6.63. The number of hydrogen-bond donors (Lipinski definition) is 0. The fourth-order valence-electron chi connectivity index (χ4n) is 2.93. The van der Waals surface area contributed by atoms with E-state index in [0.717, 1.165) is 24.0 Å². The highest BCUT2D eigenvalue weighted by molar-refractivity contribution is 5.71. The molecule has 0 aliphatic carbocycles. The van der Waals surface area contributed by atoms with Crippen LogP contribution in [0.1, 0.15) is 64.7 Å². The molecule has 0 unspecified atom stereocenters. The fraction of sp³-hybridized carbons (Fsp3) is 0.435. The molecule has 0 amide bonds. The third-order valence-electron chi connectivity index (χ3n) is 4.43. The van der Waals surface area contributed by atoms with E-state index < -0.39 is 0 Å². The molecule has 3 nitrogen and oxygen atoms in total. The van der Waals surface area contributed by atoms with Gasteiger partial charge >= 0.3 is 5.97 Å². The first kappa shape index (κ1) is 20.0.